The van der Waals surface area contributed by atoms with E-state index in [-0.39, 0.29) is 11.5 Å². The van der Waals surface area contributed by atoms with Crippen molar-refractivity contribution in [3.05, 3.63) is 53.2 Å². The standard InChI is InChI=1S/C22H22ClN9/c1-15(7-24)29-9-16-6-17(23)2-3-18(16)32-20(10-29)27-28-21(32)31-13-22(14-31)11-30(12-22)19-8-25-4-5-26-19/h2-6,8,15H,9-14H2,1H3. The summed E-state index contributed by atoms with van der Waals surface area (Å²) in [4.78, 5) is 15.3. The van der Waals surface area contributed by atoms with Crippen LogP contribution in [0.2, 0.25) is 5.02 Å². The molecule has 1 atom stereocenters. The Hall–Kier alpha value is -3.22. The van der Waals surface area contributed by atoms with Crippen molar-refractivity contribution >= 4 is 23.4 Å². The fourth-order valence-electron chi connectivity index (χ4n) is 5.06. The number of hydrogen-bond acceptors (Lipinski definition) is 8. The zero-order valence-corrected chi connectivity index (χ0v) is 18.4. The summed E-state index contributed by atoms with van der Waals surface area (Å²) in [7, 11) is 0. The van der Waals surface area contributed by atoms with E-state index in [9.17, 15) is 5.26 Å². The molecule has 0 saturated carbocycles. The number of benzene rings is 1. The summed E-state index contributed by atoms with van der Waals surface area (Å²) in [5, 5.41) is 19.3. The highest BCUT2D eigenvalue weighted by Gasteiger charge is 2.53. The summed E-state index contributed by atoms with van der Waals surface area (Å²) >= 11 is 6.31. The Morgan fingerprint density at radius 2 is 1.91 bits per heavy atom. The highest BCUT2D eigenvalue weighted by atomic mass is 35.5. The van der Waals surface area contributed by atoms with Crippen LogP contribution in [-0.2, 0) is 13.1 Å². The van der Waals surface area contributed by atoms with E-state index in [1.165, 1.54) is 0 Å². The van der Waals surface area contributed by atoms with Crippen molar-refractivity contribution in [2.24, 2.45) is 5.41 Å². The second kappa shape index (κ2) is 7.15. The Bertz CT molecular complexity index is 1200. The molecule has 32 heavy (non-hydrogen) atoms. The molecule has 1 aromatic carbocycles. The molecule has 162 valence electrons. The van der Waals surface area contributed by atoms with Gasteiger partial charge in [-0.25, -0.2) is 4.98 Å². The SMILES string of the molecule is CC(C#N)N1Cc2cc(Cl)ccc2-n2c(nnc2N2CC3(CN(c4cnccn4)C3)C2)C1. The van der Waals surface area contributed by atoms with Gasteiger partial charge in [0.1, 0.15) is 5.82 Å². The number of nitriles is 1. The predicted octanol–water partition coefficient (Wildman–Crippen LogP) is 2.26. The van der Waals surface area contributed by atoms with Crippen molar-refractivity contribution < 1.29 is 0 Å². The van der Waals surface area contributed by atoms with Crippen LogP contribution in [0.15, 0.2) is 36.8 Å². The van der Waals surface area contributed by atoms with Crippen LogP contribution in [0, 0.1) is 16.7 Å². The third-order valence-electron chi connectivity index (χ3n) is 6.71. The van der Waals surface area contributed by atoms with E-state index in [0.717, 1.165) is 55.0 Å². The maximum absolute atomic E-state index is 9.48. The lowest BCUT2D eigenvalue weighted by molar-refractivity contribution is 0.153. The average Bonchev–Trinajstić information content (AvgIpc) is 3.07. The van der Waals surface area contributed by atoms with Crippen LogP contribution < -0.4 is 9.80 Å². The first-order chi connectivity index (χ1) is 15.5. The first kappa shape index (κ1) is 19.5. The number of fused-ring (bicyclic) bond motifs is 3. The Kier molecular flexibility index (Phi) is 4.35. The fourth-order valence-corrected chi connectivity index (χ4v) is 5.25. The topological polar surface area (TPSA) is 90.0 Å². The fraction of sp³-hybridized carbons (Fsp3) is 0.409. The lowest BCUT2D eigenvalue weighted by Crippen LogP contribution is -2.73. The molecular weight excluding hydrogens is 426 g/mol. The maximum Gasteiger partial charge on any atom is 0.231 e. The van der Waals surface area contributed by atoms with Gasteiger partial charge in [0.2, 0.25) is 5.95 Å². The van der Waals surface area contributed by atoms with Gasteiger partial charge in [-0.05, 0) is 30.7 Å². The highest BCUT2D eigenvalue weighted by molar-refractivity contribution is 6.30. The number of nitrogens with zero attached hydrogens (tertiary/aromatic N) is 9. The van der Waals surface area contributed by atoms with E-state index in [1.54, 1.807) is 12.4 Å². The zero-order chi connectivity index (χ0) is 21.9. The van der Waals surface area contributed by atoms with Crippen molar-refractivity contribution in [3.63, 3.8) is 0 Å². The van der Waals surface area contributed by atoms with Gasteiger partial charge in [-0.1, -0.05) is 11.6 Å². The van der Waals surface area contributed by atoms with E-state index in [2.05, 4.69) is 45.5 Å². The van der Waals surface area contributed by atoms with Gasteiger partial charge < -0.3 is 9.80 Å². The van der Waals surface area contributed by atoms with Crippen LogP contribution in [0.1, 0.15) is 18.3 Å². The van der Waals surface area contributed by atoms with Crippen LogP contribution in [0.4, 0.5) is 11.8 Å². The van der Waals surface area contributed by atoms with Gasteiger partial charge in [0, 0.05) is 55.6 Å². The molecule has 3 aliphatic heterocycles. The van der Waals surface area contributed by atoms with Crippen LogP contribution >= 0.6 is 11.6 Å². The minimum absolute atomic E-state index is 0.233. The van der Waals surface area contributed by atoms with Gasteiger partial charge >= 0.3 is 0 Å². The first-order valence-electron chi connectivity index (χ1n) is 10.7. The van der Waals surface area contributed by atoms with Gasteiger partial charge in [0.25, 0.3) is 0 Å². The van der Waals surface area contributed by atoms with Crippen molar-refractivity contribution in [2.45, 2.75) is 26.1 Å². The Labute approximate surface area is 190 Å². The predicted molar refractivity (Wildman–Crippen MR) is 120 cm³/mol. The van der Waals surface area contributed by atoms with Crippen LogP contribution in [0.5, 0.6) is 0 Å². The molecule has 5 heterocycles. The van der Waals surface area contributed by atoms with Crippen molar-refractivity contribution in [1.82, 2.24) is 29.6 Å². The molecule has 0 aliphatic carbocycles. The smallest absolute Gasteiger partial charge is 0.231 e. The van der Waals surface area contributed by atoms with Crippen LogP contribution in [-0.4, -0.2) is 61.9 Å². The van der Waals surface area contributed by atoms with Crippen molar-refractivity contribution in [2.75, 3.05) is 36.0 Å². The first-order valence-corrected chi connectivity index (χ1v) is 11.1. The molecule has 2 saturated heterocycles. The van der Waals surface area contributed by atoms with Crippen molar-refractivity contribution in [1.29, 1.82) is 5.26 Å². The summed E-state index contributed by atoms with van der Waals surface area (Å²) < 4.78 is 2.14. The quantitative estimate of drug-likeness (QED) is 0.604. The Morgan fingerprint density at radius 3 is 2.66 bits per heavy atom. The maximum atomic E-state index is 9.48. The normalized spacial score (nSPS) is 19.9. The van der Waals surface area contributed by atoms with Crippen LogP contribution in [0.3, 0.4) is 0 Å². The van der Waals surface area contributed by atoms with Crippen LogP contribution in [0.25, 0.3) is 5.69 Å². The Balaban J connectivity index is 1.27. The third-order valence-corrected chi connectivity index (χ3v) is 6.94. The molecule has 6 rings (SSSR count). The minimum Gasteiger partial charge on any atom is -0.354 e. The molecule has 0 amide bonds. The summed E-state index contributed by atoms with van der Waals surface area (Å²) in [6.07, 6.45) is 5.25. The highest BCUT2D eigenvalue weighted by Crippen LogP contribution is 2.43. The number of rotatable bonds is 3. The molecule has 3 aliphatic rings. The summed E-state index contributed by atoms with van der Waals surface area (Å²) in [5.74, 6) is 2.64. The molecule has 9 nitrogen and oxygen atoms in total. The second-order valence-electron chi connectivity index (χ2n) is 9.01. The molecule has 3 aromatic rings. The van der Waals surface area contributed by atoms with Gasteiger partial charge in [-0.2, -0.15) is 5.26 Å². The molecule has 2 aromatic heterocycles. The monoisotopic (exact) mass is 447 g/mol. The molecule has 0 bridgehead atoms. The zero-order valence-electron chi connectivity index (χ0n) is 17.7. The van der Waals surface area contributed by atoms with E-state index in [0.29, 0.717) is 18.1 Å². The molecule has 0 radical (unpaired) electrons. The largest absolute Gasteiger partial charge is 0.354 e. The van der Waals surface area contributed by atoms with Gasteiger partial charge in [-0.3, -0.25) is 14.5 Å². The number of aromatic nitrogens is 5. The Morgan fingerprint density at radius 1 is 1.09 bits per heavy atom. The number of anilines is 2. The van der Waals surface area contributed by atoms with Gasteiger partial charge in [0.05, 0.1) is 30.5 Å². The lowest BCUT2D eigenvalue weighted by Gasteiger charge is -2.60. The number of hydrogen-bond donors (Lipinski definition) is 0. The molecule has 1 unspecified atom stereocenters. The molecule has 2 fully saturated rings. The summed E-state index contributed by atoms with van der Waals surface area (Å²) in [6.45, 7) is 6.94. The minimum atomic E-state index is -0.233. The second-order valence-corrected chi connectivity index (χ2v) is 9.45. The molecule has 0 N–H and O–H groups in total. The van der Waals surface area contributed by atoms with Crippen molar-refractivity contribution in [3.8, 4) is 11.8 Å². The summed E-state index contributed by atoms with van der Waals surface area (Å²) in [6, 6.07) is 8.03. The van der Waals surface area contributed by atoms with E-state index in [1.807, 2.05) is 31.3 Å². The van der Waals surface area contributed by atoms with E-state index < -0.39 is 0 Å². The number of halogens is 1. The third kappa shape index (κ3) is 3.02. The molecule has 10 heteroatoms. The van der Waals surface area contributed by atoms with Gasteiger partial charge in [-0.15, -0.1) is 10.2 Å². The van der Waals surface area contributed by atoms with E-state index in [4.69, 9.17) is 11.6 Å². The molecule has 1 spiro atoms. The molecular formula is C22H22ClN9. The van der Waals surface area contributed by atoms with Gasteiger partial charge in [0.15, 0.2) is 5.82 Å². The van der Waals surface area contributed by atoms with E-state index >= 15 is 0 Å². The average molecular weight is 448 g/mol. The lowest BCUT2D eigenvalue weighted by atomic mass is 9.73. The summed E-state index contributed by atoms with van der Waals surface area (Å²) in [5.41, 5.74) is 2.37.